The molecule has 0 unspecified atom stereocenters. The van der Waals surface area contributed by atoms with Crippen LogP contribution >= 0.6 is 34.8 Å². The van der Waals surface area contributed by atoms with E-state index in [1.807, 2.05) is 0 Å². The summed E-state index contributed by atoms with van der Waals surface area (Å²) in [5.74, 6) is 0. The Bertz CT molecular complexity index is 580. The van der Waals surface area contributed by atoms with Crippen molar-refractivity contribution in [1.29, 1.82) is 0 Å². The van der Waals surface area contributed by atoms with Crippen LogP contribution in [0.3, 0.4) is 0 Å². The first kappa shape index (κ1) is 14.6. The van der Waals surface area contributed by atoms with E-state index in [0.29, 0.717) is 33.3 Å². The van der Waals surface area contributed by atoms with Gasteiger partial charge in [-0.3, -0.25) is 0 Å². The van der Waals surface area contributed by atoms with Crippen LogP contribution in [-0.4, -0.2) is 21.0 Å². The monoisotopic (exact) mass is 318 g/mol. The summed E-state index contributed by atoms with van der Waals surface area (Å²) in [4.78, 5) is 0. The van der Waals surface area contributed by atoms with Crippen LogP contribution in [-0.2, 0) is 6.54 Å². The van der Waals surface area contributed by atoms with Gasteiger partial charge >= 0.3 is 0 Å². The zero-order valence-corrected chi connectivity index (χ0v) is 12.8. The van der Waals surface area contributed by atoms with E-state index in [0.717, 1.165) is 5.69 Å². The summed E-state index contributed by atoms with van der Waals surface area (Å²) < 4.78 is 1.65. The molecule has 1 N–H and O–H groups in total. The first-order chi connectivity index (χ1) is 8.99. The average molecular weight is 320 g/mol. The zero-order chi connectivity index (χ0) is 14.0. The average Bonchev–Trinajstić information content (AvgIpc) is 2.79. The molecule has 0 atom stereocenters. The molecule has 0 saturated heterocycles. The molecule has 0 bridgehead atoms. The van der Waals surface area contributed by atoms with E-state index >= 15 is 0 Å². The van der Waals surface area contributed by atoms with Gasteiger partial charge in [-0.25, -0.2) is 4.68 Å². The summed E-state index contributed by atoms with van der Waals surface area (Å²) in [6.45, 7) is 4.78. The highest BCUT2D eigenvalue weighted by Gasteiger charge is 2.12. The third kappa shape index (κ3) is 3.39. The van der Waals surface area contributed by atoms with Crippen molar-refractivity contribution in [3.63, 3.8) is 0 Å². The molecule has 0 aliphatic rings. The minimum absolute atomic E-state index is 0.368. The molecule has 7 heteroatoms. The van der Waals surface area contributed by atoms with Crippen LogP contribution in [0.2, 0.25) is 15.1 Å². The number of rotatable bonds is 4. The zero-order valence-electron chi connectivity index (χ0n) is 10.5. The Morgan fingerprint density at radius 3 is 2.53 bits per heavy atom. The molecule has 2 aromatic rings. The van der Waals surface area contributed by atoms with Crippen LogP contribution in [0.4, 0.5) is 0 Å². The maximum absolute atomic E-state index is 6.18. The Labute approximate surface area is 126 Å². The second-order valence-corrected chi connectivity index (χ2v) is 5.61. The van der Waals surface area contributed by atoms with Gasteiger partial charge in [0.15, 0.2) is 0 Å². The van der Waals surface area contributed by atoms with Crippen molar-refractivity contribution in [3.8, 4) is 5.69 Å². The topological polar surface area (TPSA) is 42.7 Å². The Kier molecular flexibility index (Phi) is 4.68. The van der Waals surface area contributed by atoms with Gasteiger partial charge < -0.3 is 5.32 Å². The predicted molar refractivity (Wildman–Crippen MR) is 78.4 cm³/mol. The third-order valence-corrected chi connectivity index (χ3v) is 3.55. The number of nitrogens with zero attached hydrogens (tertiary/aromatic N) is 3. The molecule has 19 heavy (non-hydrogen) atoms. The summed E-state index contributed by atoms with van der Waals surface area (Å²) in [7, 11) is 0. The van der Waals surface area contributed by atoms with Gasteiger partial charge in [-0.2, -0.15) is 0 Å². The highest BCUT2D eigenvalue weighted by Crippen LogP contribution is 2.31. The first-order valence-corrected chi connectivity index (χ1v) is 6.90. The summed E-state index contributed by atoms with van der Waals surface area (Å²) in [5, 5.41) is 12.6. The standard InChI is InChI=1S/C12H13Cl3N4/c1-7(2)16-5-8-6-17-18-19(8)12-4-10(14)9(13)3-11(12)15/h3-4,6-7,16H,5H2,1-2H3. The Morgan fingerprint density at radius 2 is 1.84 bits per heavy atom. The molecule has 1 aromatic carbocycles. The lowest BCUT2D eigenvalue weighted by molar-refractivity contribution is 0.570. The molecule has 0 fully saturated rings. The summed E-state index contributed by atoms with van der Waals surface area (Å²) in [5.41, 5.74) is 1.56. The fourth-order valence-electron chi connectivity index (χ4n) is 1.56. The van der Waals surface area contributed by atoms with Gasteiger partial charge in [0.1, 0.15) is 0 Å². The van der Waals surface area contributed by atoms with Crippen molar-refractivity contribution < 1.29 is 0 Å². The van der Waals surface area contributed by atoms with E-state index in [1.165, 1.54) is 0 Å². The van der Waals surface area contributed by atoms with Crippen molar-refractivity contribution >= 4 is 34.8 Å². The van der Waals surface area contributed by atoms with E-state index in [4.69, 9.17) is 34.8 Å². The normalized spacial score (nSPS) is 11.3. The van der Waals surface area contributed by atoms with Crippen molar-refractivity contribution in [2.45, 2.75) is 26.4 Å². The fraction of sp³-hybridized carbons (Fsp3) is 0.333. The van der Waals surface area contributed by atoms with E-state index in [9.17, 15) is 0 Å². The second kappa shape index (κ2) is 6.09. The largest absolute Gasteiger partial charge is 0.309 e. The second-order valence-electron chi connectivity index (χ2n) is 4.39. The van der Waals surface area contributed by atoms with Gasteiger partial charge in [0.2, 0.25) is 0 Å². The number of nitrogens with one attached hydrogen (secondary N) is 1. The van der Waals surface area contributed by atoms with E-state index in [1.54, 1.807) is 23.0 Å². The number of halogens is 3. The number of hydrogen-bond donors (Lipinski definition) is 1. The van der Waals surface area contributed by atoms with E-state index < -0.39 is 0 Å². The minimum atomic E-state index is 0.368. The van der Waals surface area contributed by atoms with Crippen LogP contribution in [0, 0.1) is 0 Å². The molecule has 0 spiro atoms. The lowest BCUT2D eigenvalue weighted by Crippen LogP contribution is -2.23. The number of benzene rings is 1. The van der Waals surface area contributed by atoms with E-state index in [-0.39, 0.29) is 0 Å². The molecule has 1 aromatic heterocycles. The predicted octanol–water partition coefficient (Wildman–Crippen LogP) is 3.73. The number of hydrogen-bond acceptors (Lipinski definition) is 3. The molecule has 4 nitrogen and oxygen atoms in total. The molecular formula is C12H13Cl3N4. The Hall–Kier alpha value is -0.810. The van der Waals surface area contributed by atoms with Crippen molar-refractivity contribution in [2.75, 3.05) is 0 Å². The lowest BCUT2D eigenvalue weighted by atomic mass is 10.3. The number of aromatic nitrogens is 3. The molecule has 0 amide bonds. The van der Waals surface area contributed by atoms with Crippen LogP contribution < -0.4 is 5.32 Å². The quantitative estimate of drug-likeness (QED) is 0.873. The van der Waals surface area contributed by atoms with Gasteiger partial charge in [-0.15, -0.1) is 5.10 Å². The van der Waals surface area contributed by atoms with Gasteiger partial charge in [0, 0.05) is 12.6 Å². The fourth-order valence-corrected chi connectivity index (χ4v) is 2.18. The summed E-state index contributed by atoms with van der Waals surface area (Å²) in [6, 6.07) is 3.65. The smallest absolute Gasteiger partial charge is 0.0869 e. The van der Waals surface area contributed by atoms with Gasteiger partial charge in [0.05, 0.1) is 32.6 Å². The molecule has 102 valence electrons. The molecule has 2 rings (SSSR count). The molecule has 0 aliphatic heterocycles. The SMILES string of the molecule is CC(C)NCc1cnnn1-c1cc(Cl)c(Cl)cc1Cl. The highest BCUT2D eigenvalue weighted by molar-refractivity contribution is 6.43. The van der Waals surface area contributed by atoms with E-state index in [2.05, 4.69) is 29.5 Å². The molecule has 0 saturated carbocycles. The van der Waals surface area contributed by atoms with Crippen molar-refractivity contribution in [2.24, 2.45) is 0 Å². The van der Waals surface area contributed by atoms with Crippen LogP contribution in [0.15, 0.2) is 18.3 Å². The van der Waals surface area contributed by atoms with Crippen molar-refractivity contribution in [1.82, 2.24) is 20.3 Å². The minimum Gasteiger partial charge on any atom is -0.309 e. The van der Waals surface area contributed by atoms with Crippen LogP contribution in [0.25, 0.3) is 5.69 Å². The third-order valence-electron chi connectivity index (χ3n) is 2.53. The first-order valence-electron chi connectivity index (χ1n) is 5.77. The van der Waals surface area contributed by atoms with Gasteiger partial charge in [-0.05, 0) is 12.1 Å². The Morgan fingerprint density at radius 1 is 1.16 bits per heavy atom. The van der Waals surface area contributed by atoms with Crippen LogP contribution in [0.5, 0.6) is 0 Å². The maximum atomic E-state index is 6.18. The van der Waals surface area contributed by atoms with Gasteiger partial charge in [-0.1, -0.05) is 53.9 Å². The summed E-state index contributed by atoms with van der Waals surface area (Å²) in [6.07, 6.45) is 1.69. The summed E-state index contributed by atoms with van der Waals surface area (Å²) >= 11 is 18.1. The van der Waals surface area contributed by atoms with Crippen molar-refractivity contribution in [3.05, 3.63) is 39.1 Å². The molecule has 0 aliphatic carbocycles. The highest BCUT2D eigenvalue weighted by atomic mass is 35.5. The lowest BCUT2D eigenvalue weighted by Gasteiger charge is -2.11. The molecule has 1 heterocycles. The molecular weight excluding hydrogens is 307 g/mol. The maximum Gasteiger partial charge on any atom is 0.0869 e. The Balaban J connectivity index is 2.37. The van der Waals surface area contributed by atoms with Crippen LogP contribution in [0.1, 0.15) is 19.5 Å². The molecule has 0 radical (unpaired) electrons. The van der Waals surface area contributed by atoms with Gasteiger partial charge in [0.25, 0.3) is 0 Å².